The Morgan fingerprint density at radius 2 is 1.88 bits per heavy atom. The third-order valence-corrected chi connectivity index (χ3v) is 7.15. The van der Waals surface area contributed by atoms with Crippen LogP contribution in [-0.2, 0) is 27.3 Å². The molecule has 0 bridgehead atoms. The minimum absolute atomic E-state index is 0.197. The van der Waals surface area contributed by atoms with E-state index in [1.807, 2.05) is 48.7 Å². The van der Waals surface area contributed by atoms with Gasteiger partial charge in [0, 0.05) is 18.3 Å². The van der Waals surface area contributed by atoms with Crippen molar-refractivity contribution in [1.82, 2.24) is 34.4 Å². The zero-order valence-electron chi connectivity index (χ0n) is 22.8. The summed E-state index contributed by atoms with van der Waals surface area (Å²) in [5, 5.41) is 3.39. The summed E-state index contributed by atoms with van der Waals surface area (Å²) in [6, 6.07) is 9.43. The third-order valence-electron chi connectivity index (χ3n) is 7.15. The molecule has 1 aromatic carbocycles. The predicted octanol–water partition coefficient (Wildman–Crippen LogP) is 1.22. The van der Waals surface area contributed by atoms with Crippen molar-refractivity contribution in [3.8, 4) is 5.75 Å². The highest BCUT2D eigenvalue weighted by Crippen LogP contribution is 2.44. The molecule has 2 saturated heterocycles. The monoisotopic (exact) mass is 563 g/mol. The second-order valence-electron chi connectivity index (χ2n) is 10.5. The average molecular weight is 564 g/mol. The summed E-state index contributed by atoms with van der Waals surface area (Å²) in [4.78, 5) is 29.1. The van der Waals surface area contributed by atoms with E-state index in [-0.39, 0.29) is 24.1 Å². The molecular weight excluding hydrogens is 530 g/mol. The summed E-state index contributed by atoms with van der Waals surface area (Å²) in [6.45, 7) is 5.47. The molecule has 0 radical (unpaired) electrons. The first-order valence-electron chi connectivity index (χ1n) is 13.5. The Labute approximate surface area is 235 Å². The fourth-order valence-electron chi connectivity index (χ4n) is 5.26. The van der Waals surface area contributed by atoms with Gasteiger partial charge in [0.1, 0.15) is 42.2 Å². The van der Waals surface area contributed by atoms with Crippen molar-refractivity contribution in [2.45, 2.75) is 63.7 Å². The van der Waals surface area contributed by atoms with Gasteiger partial charge in [-0.05, 0) is 38.9 Å². The Bertz CT molecular complexity index is 1570. The van der Waals surface area contributed by atoms with Crippen LogP contribution in [0.5, 0.6) is 5.75 Å². The predicted molar refractivity (Wildman–Crippen MR) is 149 cm³/mol. The number of rotatable bonds is 10. The summed E-state index contributed by atoms with van der Waals surface area (Å²) >= 11 is 0. The molecule has 4 aromatic rings. The molecule has 4 unspecified atom stereocenters. The van der Waals surface area contributed by atoms with Gasteiger partial charge in [-0.3, -0.25) is 9.13 Å². The molecule has 0 aliphatic carbocycles. The SMILES string of the molecule is CC1(C)OC2C(CCNCc3cn(CCOc4ccccc4)c(=O)nc3N)OC(n3cnc4c(N)ncnc43)C2O1. The minimum Gasteiger partial charge on any atom is -0.492 e. The van der Waals surface area contributed by atoms with Gasteiger partial charge in [-0.1, -0.05) is 18.2 Å². The number of nitrogens with zero attached hydrogens (tertiary/aromatic N) is 6. The van der Waals surface area contributed by atoms with Crippen LogP contribution in [0, 0.1) is 0 Å². The zero-order chi connectivity index (χ0) is 28.6. The molecule has 2 aliphatic heterocycles. The van der Waals surface area contributed by atoms with Crippen LogP contribution >= 0.6 is 0 Å². The van der Waals surface area contributed by atoms with Gasteiger partial charge in [0.15, 0.2) is 23.5 Å². The quantitative estimate of drug-likeness (QED) is 0.235. The van der Waals surface area contributed by atoms with E-state index >= 15 is 0 Å². The maximum atomic E-state index is 12.4. The van der Waals surface area contributed by atoms with Gasteiger partial charge in [-0.15, -0.1) is 0 Å². The normalized spacial score (nSPS) is 23.2. The molecule has 0 saturated carbocycles. The van der Waals surface area contributed by atoms with Gasteiger partial charge in [-0.2, -0.15) is 4.98 Å². The van der Waals surface area contributed by atoms with Gasteiger partial charge in [0.05, 0.1) is 19.0 Å². The standard InChI is InChI=1S/C27H33N9O5/c1-27(2)40-20-18(39-25(21(20)41-27)36-15-33-19-23(29)31-14-32-24(19)36)8-9-30-12-16-13-35(26(37)34-22(16)28)10-11-38-17-6-4-3-5-7-17/h3-7,13-15,18,20-21,25,30H,8-12H2,1-2H3,(H2,28,34,37)(H2,29,31,32). The molecule has 14 nitrogen and oxygen atoms in total. The molecule has 0 spiro atoms. The van der Waals surface area contributed by atoms with Crippen molar-refractivity contribution in [3.63, 3.8) is 0 Å². The first kappa shape index (κ1) is 27.1. The Kier molecular flexibility index (Phi) is 7.30. The Morgan fingerprint density at radius 1 is 1.07 bits per heavy atom. The van der Waals surface area contributed by atoms with Crippen LogP contribution in [-0.4, -0.2) is 66.3 Å². The van der Waals surface area contributed by atoms with Gasteiger partial charge in [0.25, 0.3) is 0 Å². The number of hydrogen-bond donors (Lipinski definition) is 3. The molecule has 4 atom stereocenters. The number of fused-ring (bicyclic) bond motifs is 2. The lowest BCUT2D eigenvalue weighted by atomic mass is 10.1. The van der Waals surface area contributed by atoms with E-state index in [2.05, 4.69) is 25.3 Å². The van der Waals surface area contributed by atoms with Crippen molar-refractivity contribution in [1.29, 1.82) is 0 Å². The first-order chi connectivity index (χ1) is 19.8. The Hall–Kier alpha value is -4.11. The largest absolute Gasteiger partial charge is 0.492 e. The van der Waals surface area contributed by atoms with Crippen LogP contribution in [0.1, 0.15) is 32.1 Å². The molecule has 2 aliphatic rings. The van der Waals surface area contributed by atoms with Crippen LogP contribution in [0.3, 0.4) is 0 Å². The van der Waals surface area contributed by atoms with Crippen molar-refractivity contribution in [2.75, 3.05) is 24.6 Å². The van der Waals surface area contributed by atoms with Gasteiger partial charge < -0.3 is 35.7 Å². The Balaban J connectivity index is 1.08. The molecule has 0 amide bonds. The lowest BCUT2D eigenvalue weighted by Crippen LogP contribution is -2.32. The van der Waals surface area contributed by atoms with Crippen molar-refractivity contribution >= 4 is 22.8 Å². The number of hydrogen-bond acceptors (Lipinski definition) is 12. The van der Waals surface area contributed by atoms with E-state index < -0.39 is 17.7 Å². The molecule has 3 aromatic heterocycles. The lowest BCUT2D eigenvalue weighted by molar-refractivity contribution is -0.196. The van der Waals surface area contributed by atoms with Crippen LogP contribution in [0.2, 0.25) is 0 Å². The van der Waals surface area contributed by atoms with Crippen LogP contribution < -0.4 is 27.2 Å². The smallest absolute Gasteiger partial charge is 0.349 e. The van der Waals surface area contributed by atoms with E-state index in [4.69, 9.17) is 30.4 Å². The van der Waals surface area contributed by atoms with E-state index in [0.717, 1.165) is 11.3 Å². The number of nitrogens with two attached hydrogens (primary N) is 2. The molecule has 41 heavy (non-hydrogen) atoms. The summed E-state index contributed by atoms with van der Waals surface area (Å²) in [5.41, 5.74) is 13.4. The lowest BCUT2D eigenvalue weighted by Gasteiger charge is -2.25. The van der Waals surface area contributed by atoms with Crippen LogP contribution in [0.25, 0.3) is 11.2 Å². The number of nitrogen functional groups attached to an aromatic ring is 2. The number of imidazole rings is 1. The number of para-hydroxylation sites is 1. The number of benzene rings is 1. The zero-order valence-corrected chi connectivity index (χ0v) is 22.8. The molecule has 216 valence electrons. The number of anilines is 2. The molecule has 14 heteroatoms. The maximum absolute atomic E-state index is 12.4. The van der Waals surface area contributed by atoms with Crippen LogP contribution in [0.4, 0.5) is 11.6 Å². The minimum atomic E-state index is -0.758. The molecule has 5 heterocycles. The summed E-state index contributed by atoms with van der Waals surface area (Å²) < 4.78 is 28.0. The van der Waals surface area contributed by atoms with E-state index in [9.17, 15) is 4.79 Å². The average Bonchev–Trinajstić information content (AvgIpc) is 3.61. The van der Waals surface area contributed by atoms with Gasteiger partial charge >= 0.3 is 5.69 Å². The number of nitrogens with one attached hydrogen (secondary N) is 1. The summed E-state index contributed by atoms with van der Waals surface area (Å²) in [7, 11) is 0. The number of aromatic nitrogens is 6. The van der Waals surface area contributed by atoms with Crippen molar-refractivity contribution < 1.29 is 18.9 Å². The molecular formula is C27H33N9O5. The highest BCUT2D eigenvalue weighted by molar-refractivity contribution is 5.81. The van der Waals surface area contributed by atoms with Crippen molar-refractivity contribution in [3.05, 3.63) is 65.2 Å². The summed E-state index contributed by atoms with van der Waals surface area (Å²) in [5.74, 6) is 0.480. The molecule has 2 fully saturated rings. The summed E-state index contributed by atoms with van der Waals surface area (Å²) in [6.07, 6.45) is 4.01. The van der Waals surface area contributed by atoms with E-state index in [1.54, 1.807) is 12.5 Å². The Morgan fingerprint density at radius 3 is 2.71 bits per heavy atom. The highest BCUT2D eigenvalue weighted by Gasteiger charge is 2.55. The van der Waals surface area contributed by atoms with Crippen molar-refractivity contribution in [2.24, 2.45) is 0 Å². The second kappa shape index (κ2) is 11.0. The van der Waals surface area contributed by atoms with Gasteiger partial charge in [-0.25, -0.2) is 19.7 Å². The van der Waals surface area contributed by atoms with E-state index in [0.29, 0.717) is 49.6 Å². The fraction of sp³-hybridized carbons (Fsp3) is 0.444. The third kappa shape index (κ3) is 5.59. The molecule has 5 N–H and O–H groups in total. The van der Waals surface area contributed by atoms with Crippen LogP contribution in [0.15, 0.2) is 54.0 Å². The van der Waals surface area contributed by atoms with E-state index in [1.165, 1.54) is 10.9 Å². The highest BCUT2D eigenvalue weighted by atomic mass is 16.8. The maximum Gasteiger partial charge on any atom is 0.349 e. The topological polar surface area (TPSA) is 179 Å². The second-order valence-corrected chi connectivity index (χ2v) is 10.5. The number of ether oxygens (including phenoxy) is 4. The fourth-order valence-corrected chi connectivity index (χ4v) is 5.26. The first-order valence-corrected chi connectivity index (χ1v) is 13.5. The van der Waals surface area contributed by atoms with Gasteiger partial charge in [0.2, 0.25) is 0 Å². The molecule has 6 rings (SSSR count).